The lowest BCUT2D eigenvalue weighted by molar-refractivity contribution is -0.0535. The second kappa shape index (κ2) is 5.03. The van der Waals surface area contributed by atoms with Gasteiger partial charge in [-0.3, -0.25) is 0 Å². The molecule has 0 radical (unpaired) electrons. The van der Waals surface area contributed by atoms with Crippen LogP contribution in [-0.2, 0) is 4.74 Å². The normalized spacial score (nSPS) is 41.4. The first-order valence-corrected chi connectivity index (χ1v) is 6.64. The van der Waals surface area contributed by atoms with Gasteiger partial charge in [0.15, 0.2) is 0 Å². The van der Waals surface area contributed by atoms with E-state index in [0.29, 0.717) is 6.04 Å². The van der Waals surface area contributed by atoms with E-state index >= 15 is 0 Å². The van der Waals surface area contributed by atoms with E-state index in [1.165, 1.54) is 45.2 Å². The van der Waals surface area contributed by atoms with Gasteiger partial charge < -0.3 is 15.4 Å². The zero-order valence-electron chi connectivity index (χ0n) is 10.7. The Morgan fingerprint density at radius 2 is 2.25 bits per heavy atom. The van der Waals surface area contributed by atoms with E-state index in [1.807, 2.05) is 7.11 Å². The van der Waals surface area contributed by atoms with Crippen molar-refractivity contribution < 1.29 is 4.74 Å². The van der Waals surface area contributed by atoms with E-state index in [4.69, 9.17) is 10.5 Å². The van der Waals surface area contributed by atoms with Crippen molar-refractivity contribution in [1.29, 1.82) is 0 Å². The van der Waals surface area contributed by atoms with Crippen LogP contribution >= 0.6 is 0 Å². The molecule has 2 fully saturated rings. The minimum atomic E-state index is 0.0823. The van der Waals surface area contributed by atoms with Crippen LogP contribution in [-0.4, -0.2) is 43.3 Å². The van der Waals surface area contributed by atoms with Crippen LogP contribution in [0.5, 0.6) is 0 Å². The van der Waals surface area contributed by atoms with Crippen LogP contribution in [0.4, 0.5) is 0 Å². The molecule has 3 unspecified atom stereocenters. The van der Waals surface area contributed by atoms with Crippen molar-refractivity contribution in [2.24, 2.45) is 11.7 Å². The minimum Gasteiger partial charge on any atom is -0.377 e. The van der Waals surface area contributed by atoms with Crippen LogP contribution in [0, 0.1) is 5.92 Å². The summed E-state index contributed by atoms with van der Waals surface area (Å²) in [4.78, 5) is 2.58. The monoisotopic (exact) mass is 226 g/mol. The Morgan fingerprint density at radius 3 is 2.88 bits per heavy atom. The first-order chi connectivity index (χ1) is 7.61. The Bertz CT molecular complexity index is 234. The number of hydrogen-bond donors (Lipinski definition) is 1. The summed E-state index contributed by atoms with van der Waals surface area (Å²) in [5, 5.41) is 0. The standard InChI is InChI=1S/C13H26N2O/c1-13(16-2)6-3-7-15(10-13)9-11-4-5-12(14)8-11/h11-12H,3-10,14H2,1-2H3. The number of likely N-dealkylation sites (tertiary alicyclic amines) is 1. The second-order valence-electron chi connectivity index (χ2n) is 5.93. The highest BCUT2D eigenvalue weighted by atomic mass is 16.5. The Balaban J connectivity index is 1.81. The smallest absolute Gasteiger partial charge is 0.0777 e. The number of piperidine rings is 1. The van der Waals surface area contributed by atoms with Gasteiger partial charge in [-0.2, -0.15) is 0 Å². The van der Waals surface area contributed by atoms with Gasteiger partial charge in [-0.05, 0) is 51.5 Å². The van der Waals surface area contributed by atoms with Crippen molar-refractivity contribution >= 4 is 0 Å². The molecule has 3 heteroatoms. The van der Waals surface area contributed by atoms with Crippen LogP contribution in [0.1, 0.15) is 39.0 Å². The molecule has 1 heterocycles. The zero-order valence-corrected chi connectivity index (χ0v) is 10.7. The van der Waals surface area contributed by atoms with Crippen LogP contribution in [0.15, 0.2) is 0 Å². The van der Waals surface area contributed by atoms with Crippen LogP contribution in [0.3, 0.4) is 0 Å². The lowest BCUT2D eigenvalue weighted by Gasteiger charge is -2.40. The molecule has 1 saturated heterocycles. The van der Waals surface area contributed by atoms with Gasteiger partial charge in [-0.1, -0.05) is 0 Å². The summed E-state index contributed by atoms with van der Waals surface area (Å²) < 4.78 is 5.63. The topological polar surface area (TPSA) is 38.5 Å². The largest absolute Gasteiger partial charge is 0.377 e. The molecule has 0 bridgehead atoms. The quantitative estimate of drug-likeness (QED) is 0.794. The maximum absolute atomic E-state index is 5.97. The molecule has 3 nitrogen and oxygen atoms in total. The third-order valence-electron chi connectivity index (χ3n) is 4.33. The van der Waals surface area contributed by atoms with E-state index in [9.17, 15) is 0 Å². The summed E-state index contributed by atoms with van der Waals surface area (Å²) in [6.45, 7) is 5.80. The fourth-order valence-corrected chi connectivity index (χ4v) is 3.27. The summed E-state index contributed by atoms with van der Waals surface area (Å²) in [6.07, 6.45) is 6.23. The molecule has 0 amide bonds. The van der Waals surface area contributed by atoms with Crippen LogP contribution < -0.4 is 5.73 Å². The van der Waals surface area contributed by atoms with E-state index in [-0.39, 0.29) is 5.60 Å². The lowest BCUT2D eigenvalue weighted by atomic mass is 9.93. The predicted molar refractivity (Wildman–Crippen MR) is 66.4 cm³/mol. The molecule has 0 aromatic heterocycles. The first-order valence-electron chi connectivity index (χ1n) is 6.64. The highest BCUT2D eigenvalue weighted by molar-refractivity contribution is 4.87. The van der Waals surface area contributed by atoms with Crippen molar-refractivity contribution in [1.82, 2.24) is 4.90 Å². The molecule has 2 rings (SSSR count). The fraction of sp³-hybridized carbons (Fsp3) is 1.00. The third-order valence-corrected chi connectivity index (χ3v) is 4.33. The Labute approximate surface area is 99.3 Å². The molecular weight excluding hydrogens is 200 g/mol. The maximum Gasteiger partial charge on any atom is 0.0777 e. The lowest BCUT2D eigenvalue weighted by Crippen LogP contribution is -2.48. The summed E-state index contributed by atoms with van der Waals surface area (Å²) >= 11 is 0. The number of nitrogens with two attached hydrogens (primary N) is 1. The molecule has 2 aliphatic rings. The minimum absolute atomic E-state index is 0.0823. The molecule has 94 valence electrons. The first kappa shape index (κ1) is 12.3. The third kappa shape index (κ3) is 2.96. The highest BCUT2D eigenvalue weighted by Gasteiger charge is 2.32. The fourth-order valence-electron chi connectivity index (χ4n) is 3.27. The Kier molecular flexibility index (Phi) is 3.88. The summed E-state index contributed by atoms with van der Waals surface area (Å²) in [5.41, 5.74) is 6.05. The molecule has 2 N–H and O–H groups in total. The number of hydrogen-bond acceptors (Lipinski definition) is 3. The van der Waals surface area contributed by atoms with Crippen molar-refractivity contribution in [2.75, 3.05) is 26.7 Å². The number of nitrogens with zero attached hydrogens (tertiary/aromatic N) is 1. The van der Waals surface area contributed by atoms with Crippen LogP contribution in [0.25, 0.3) is 0 Å². The van der Waals surface area contributed by atoms with Crippen molar-refractivity contribution in [2.45, 2.75) is 50.7 Å². The van der Waals surface area contributed by atoms with Crippen molar-refractivity contribution in [3.05, 3.63) is 0 Å². The number of rotatable bonds is 3. The molecule has 1 aliphatic carbocycles. The summed E-state index contributed by atoms with van der Waals surface area (Å²) in [5.74, 6) is 0.828. The molecule has 0 aromatic carbocycles. The second-order valence-corrected chi connectivity index (χ2v) is 5.93. The summed E-state index contributed by atoms with van der Waals surface area (Å²) in [6, 6.07) is 0.462. The molecular formula is C13H26N2O. The molecule has 3 atom stereocenters. The van der Waals surface area contributed by atoms with E-state index in [0.717, 1.165) is 12.5 Å². The molecule has 1 saturated carbocycles. The molecule has 1 aliphatic heterocycles. The average Bonchev–Trinajstić information content (AvgIpc) is 2.64. The van der Waals surface area contributed by atoms with Gasteiger partial charge in [0, 0.05) is 26.2 Å². The van der Waals surface area contributed by atoms with Crippen LogP contribution in [0.2, 0.25) is 0 Å². The van der Waals surface area contributed by atoms with Gasteiger partial charge in [0.25, 0.3) is 0 Å². The molecule has 0 spiro atoms. The van der Waals surface area contributed by atoms with E-state index in [1.54, 1.807) is 0 Å². The number of methoxy groups -OCH3 is 1. The van der Waals surface area contributed by atoms with Gasteiger partial charge in [0.05, 0.1) is 5.60 Å². The average molecular weight is 226 g/mol. The van der Waals surface area contributed by atoms with Gasteiger partial charge in [0.1, 0.15) is 0 Å². The predicted octanol–water partition coefficient (Wildman–Crippen LogP) is 1.61. The van der Waals surface area contributed by atoms with Crippen molar-refractivity contribution in [3.63, 3.8) is 0 Å². The summed E-state index contributed by atoms with van der Waals surface area (Å²) in [7, 11) is 1.84. The van der Waals surface area contributed by atoms with Gasteiger partial charge in [0.2, 0.25) is 0 Å². The van der Waals surface area contributed by atoms with E-state index in [2.05, 4.69) is 11.8 Å². The van der Waals surface area contributed by atoms with Gasteiger partial charge in [-0.15, -0.1) is 0 Å². The Hall–Kier alpha value is -0.120. The number of ether oxygens (including phenoxy) is 1. The Morgan fingerprint density at radius 1 is 1.44 bits per heavy atom. The SMILES string of the molecule is COC1(C)CCCN(CC2CCC(N)C2)C1. The van der Waals surface area contributed by atoms with Gasteiger partial charge in [-0.25, -0.2) is 0 Å². The highest BCUT2D eigenvalue weighted by Crippen LogP contribution is 2.29. The molecule has 16 heavy (non-hydrogen) atoms. The zero-order chi connectivity index (χ0) is 11.6. The van der Waals surface area contributed by atoms with Gasteiger partial charge >= 0.3 is 0 Å². The molecule has 0 aromatic rings. The maximum atomic E-state index is 5.97. The van der Waals surface area contributed by atoms with Crippen molar-refractivity contribution in [3.8, 4) is 0 Å². The van der Waals surface area contributed by atoms with E-state index < -0.39 is 0 Å².